The third-order valence-electron chi connectivity index (χ3n) is 2.70. The molecule has 0 aliphatic carbocycles. The highest BCUT2D eigenvalue weighted by Gasteiger charge is 2.18. The van der Waals surface area contributed by atoms with Gasteiger partial charge in [-0.15, -0.1) is 0 Å². The van der Waals surface area contributed by atoms with Crippen LogP contribution in [0, 0.1) is 5.41 Å². The van der Waals surface area contributed by atoms with Crippen LogP contribution in [0.3, 0.4) is 0 Å². The normalized spacial score (nSPS) is 12.2. The number of nitrogens with zero attached hydrogens (tertiary/aromatic N) is 2. The molecule has 2 rings (SSSR count). The molecular formula is C12H17N3. The van der Waals surface area contributed by atoms with Crippen LogP contribution in [0.2, 0.25) is 0 Å². The van der Waals surface area contributed by atoms with Crippen LogP contribution in [0.4, 0.5) is 0 Å². The average Bonchev–Trinajstić information content (AvgIpc) is 2.62. The summed E-state index contributed by atoms with van der Waals surface area (Å²) in [7, 11) is 0. The van der Waals surface area contributed by atoms with E-state index in [2.05, 4.69) is 29.3 Å². The monoisotopic (exact) mass is 203 g/mol. The van der Waals surface area contributed by atoms with Crippen LogP contribution in [0.1, 0.15) is 19.7 Å². The first kappa shape index (κ1) is 10.2. The van der Waals surface area contributed by atoms with Crippen LogP contribution >= 0.6 is 0 Å². The Morgan fingerprint density at radius 1 is 1.40 bits per heavy atom. The number of hydrogen-bond donors (Lipinski definition) is 1. The van der Waals surface area contributed by atoms with Crippen LogP contribution in [0.5, 0.6) is 0 Å². The van der Waals surface area contributed by atoms with Gasteiger partial charge in [-0.25, -0.2) is 4.98 Å². The molecule has 80 valence electrons. The van der Waals surface area contributed by atoms with Crippen LogP contribution in [-0.2, 0) is 6.42 Å². The largest absolute Gasteiger partial charge is 0.330 e. The Kier molecular flexibility index (Phi) is 2.49. The van der Waals surface area contributed by atoms with Gasteiger partial charge in [-0.2, -0.15) is 0 Å². The zero-order chi connectivity index (χ0) is 10.9. The van der Waals surface area contributed by atoms with Crippen LogP contribution < -0.4 is 5.73 Å². The van der Waals surface area contributed by atoms with E-state index in [1.165, 1.54) is 0 Å². The first-order valence-electron chi connectivity index (χ1n) is 5.23. The van der Waals surface area contributed by atoms with Crippen molar-refractivity contribution in [2.24, 2.45) is 11.1 Å². The van der Waals surface area contributed by atoms with Gasteiger partial charge in [0.1, 0.15) is 5.82 Å². The molecule has 0 aromatic carbocycles. The molecule has 3 heteroatoms. The van der Waals surface area contributed by atoms with Gasteiger partial charge >= 0.3 is 0 Å². The summed E-state index contributed by atoms with van der Waals surface area (Å²) in [4.78, 5) is 4.44. The zero-order valence-electron chi connectivity index (χ0n) is 9.27. The quantitative estimate of drug-likeness (QED) is 0.827. The molecule has 0 atom stereocenters. The van der Waals surface area contributed by atoms with E-state index in [-0.39, 0.29) is 5.41 Å². The van der Waals surface area contributed by atoms with Crippen LogP contribution in [-0.4, -0.2) is 15.9 Å². The van der Waals surface area contributed by atoms with E-state index in [1.807, 2.05) is 24.5 Å². The predicted octanol–water partition coefficient (Wildman–Crippen LogP) is 1.86. The molecule has 0 saturated heterocycles. The highest BCUT2D eigenvalue weighted by atomic mass is 15.0. The Hall–Kier alpha value is -1.35. The fourth-order valence-electron chi connectivity index (χ4n) is 1.63. The highest BCUT2D eigenvalue weighted by Crippen LogP contribution is 2.20. The molecule has 0 amide bonds. The minimum Gasteiger partial charge on any atom is -0.330 e. The lowest BCUT2D eigenvalue weighted by Gasteiger charge is -2.21. The molecule has 15 heavy (non-hydrogen) atoms. The van der Waals surface area contributed by atoms with Gasteiger partial charge < -0.3 is 10.1 Å². The maximum absolute atomic E-state index is 5.73. The molecule has 0 radical (unpaired) electrons. The molecular weight excluding hydrogens is 186 g/mol. The SMILES string of the molecule is CC(C)(CN)Cc1ncc2ccccn12. The second kappa shape index (κ2) is 3.66. The van der Waals surface area contributed by atoms with Gasteiger partial charge in [0.05, 0.1) is 11.7 Å². The molecule has 2 heterocycles. The lowest BCUT2D eigenvalue weighted by molar-refractivity contribution is 0.367. The minimum atomic E-state index is 0.108. The third-order valence-corrected chi connectivity index (χ3v) is 2.70. The van der Waals surface area contributed by atoms with Crippen LogP contribution in [0.15, 0.2) is 30.6 Å². The Morgan fingerprint density at radius 3 is 2.93 bits per heavy atom. The number of hydrogen-bond acceptors (Lipinski definition) is 2. The fraction of sp³-hybridized carbons (Fsp3) is 0.417. The van der Waals surface area contributed by atoms with Crippen LogP contribution in [0.25, 0.3) is 5.52 Å². The van der Waals surface area contributed by atoms with Crippen molar-refractivity contribution in [3.8, 4) is 0 Å². The number of pyridine rings is 1. The third kappa shape index (κ3) is 2.02. The van der Waals surface area contributed by atoms with E-state index in [1.54, 1.807) is 0 Å². The summed E-state index contributed by atoms with van der Waals surface area (Å²) < 4.78 is 2.12. The first-order valence-corrected chi connectivity index (χ1v) is 5.23. The molecule has 0 spiro atoms. The van der Waals surface area contributed by atoms with Gasteiger partial charge in [-0.05, 0) is 24.1 Å². The molecule has 2 aromatic heterocycles. The van der Waals surface area contributed by atoms with Crippen molar-refractivity contribution in [1.29, 1.82) is 0 Å². The Bertz CT molecular complexity index is 457. The van der Waals surface area contributed by atoms with Gasteiger partial charge in [0.25, 0.3) is 0 Å². The molecule has 0 aliphatic rings. The molecule has 0 aliphatic heterocycles. The van der Waals surface area contributed by atoms with E-state index in [0.717, 1.165) is 17.8 Å². The van der Waals surface area contributed by atoms with Crippen molar-refractivity contribution in [2.45, 2.75) is 20.3 Å². The summed E-state index contributed by atoms with van der Waals surface area (Å²) in [5.74, 6) is 1.08. The Balaban J connectivity index is 2.37. The van der Waals surface area contributed by atoms with Gasteiger partial charge in [-0.1, -0.05) is 19.9 Å². The van der Waals surface area contributed by atoms with Crippen molar-refractivity contribution in [3.05, 3.63) is 36.4 Å². The summed E-state index contributed by atoms with van der Waals surface area (Å²) in [6, 6.07) is 6.11. The van der Waals surface area contributed by atoms with E-state index < -0.39 is 0 Å². The number of aromatic nitrogens is 2. The van der Waals surface area contributed by atoms with Crippen molar-refractivity contribution in [2.75, 3.05) is 6.54 Å². The Morgan fingerprint density at radius 2 is 2.20 bits per heavy atom. The van der Waals surface area contributed by atoms with Crippen molar-refractivity contribution < 1.29 is 0 Å². The van der Waals surface area contributed by atoms with Gasteiger partial charge in [0.2, 0.25) is 0 Å². The fourth-order valence-corrected chi connectivity index (χ4v) is 1.63. The highest BCUT2D eigenvalue weighted by molar-refractivity contribution is 5.45. The Labute approximate surface area is 89.9 Å². The number of nitrogens with two attached hydrogens (primary N) is 1. The molecule has 2 N–H and O–H groups in total. The standard InChI is InChI=1S/C12H17N3/c1-12(2,9-13)7-11-14-8-10-5-3-4-6-15(10)11/h3-6,8H,7,9,13H2,1-2H3. The maximum atomic E-state index is 5.73. The summed E-state index contributed by atoms with van der Waals surface area (Å²) in [6.07, 6.45) is 4.86. The van der Waals surface area contributed by atoms with E-state index in [9.17, 15) is 0 Å². The number of imidazole rings is 1. The minimum absolute atomic E-state index is 0.108. The zero-order valence-corrected chi connectivity index (χ0v) is 9.27. The lowest BCUT2D eigenvalue weighted by atomic mass is 9.89. The van der Waals surface area contributed by atoms with Crippen molar-refractivity contribution in [3.63, 3.8) is 0 Å². The van der Waals surface area contributed by atoms with Gasteiger partial charge in [0.15, 0.2) is 0 Å². The lowest BCUT2D eigenvalue weighted by Crippen LogP contribution is -2.26. The molecule has 3 nitrogen and oxygen atoms in total. The second-order valence-corrected chi connectivity index (χ2v) is 4.72. The van der Waals surface area contributed by atoms with Crippen molar-refractivity contribution >= 4 is 5.52 Å². The molecule has 2 aromatic rings. The second-order valence-electron chi connectivity index (χ2n) is 4.72. The smallest absolute Gasteiger partial charge is 0.113 e. The van der Waals surface area contributed by atoms with Gasteiger partial charge in [-0.3, -0.25) is 0 Å². The van der Waals surface area contributed by atoms with E-state index in [0.29, 0.717) is 6.54 Å². The molecule has 0 bridgehead atoms. The van der Waals surface area contributed by atoms with Crippen molar-refractivity contribution in [1.82, 2.24) is 9.38 Å². The average molecular weight is 203 g/mol. The predicted molar refractivity (Wildman–Crippen MR) is 61.7 cm³/mol. The molecule has 0 saturated carbocycles. The topological polar surface area (TPSA) is 43.3 Å². The van der Waals surface area contributed by atoms with E-state index >= 15 is 0 Å². The molecule has 0 unspecified atom stereocenters. The maximum Gasteiger partial charge on any atom is 0.113 e. The van der Waals surface area contributed by atoms with E-state index in [4.69, 9.17) is 5.73 Å². The summed E-state index contributed by atoms with van der Waals surface area (Å²) in [5, 5.41) is 0. The van der Waals surface area contributed by atoms with Gasteiger partial charge in [0, 0.05) is 12.6 Å². The summed E-state index contributed by atoms with van der Waals surface area (Å²) in [6.45, 7) is 5.00. The number of rotatable bonds is 3. The molecule has 0 fully saturated rings. The summed E-state index contributed by atoms with van der Waals surface area (Å²) >= 11 is 0. The number of fused-ring (bicyclic) bond motifs is 1. The first-order chi connectivity index (χ1) is 7.12. The summed E-state index contributed by atoms with van der Waals surface area (Å²) in [5.41, 5.74) is 6.98.